The highest BCUT2D eigenvalue weighted by Crippen LogP contribution is 2.48. The van der Waals surface area contributed by atoms with Gasteiger partial charge in [0.15, 0.2) is 0 Å². The van der Waals surface area contributed by atoms with E-state index in [4.69, 9.17) is 0 Å². The van der Waals surface area contributed by atoms with E-state index >= 15 is 0 Å². The van der Waals surface area contributed by atoms with Crippen molar-refractivity contribution in [3.63, 3.8) is 0 Å². The number of nitrogens with one attached hydrogen (secondary N) is 2. The molecule has 4 heterocycles. The predicted molar refractivity (Wildman–Crippen MR) is 114 cm³/mol. The van der Waals surface area contributed by atoms with E-state index in [-0.39, 0.29) is 22.1 Å². The number of nitrogens with zero attached hydrogens (tertiary/aromatic N) is 4. The summed E-state index contributed by atoms with van der Waals surface area (Å²) in [6.07, 6.45) is 5.51. The molecule has 0 radical (unpaired) electrons. The number of anilines is 1. The summed E-state index contributed by atoms with van der Waals surface area (Å²) in [6.45, 7) is 2.41. The number of hydrogen-bond donors (Lipinski definition) is 2. The van der Waals surface area contributed by atoms with Gasteiger partial charge in [-0.25, -0.2) is 23.1 Å². The molecule has 9 nitrogen and oxygen atoms in total. The van der Waals surface area contributed by atoms with Crippen LogP contribution in [0.25, 0.3) is 11.0 Å². The molecule has 1 aliphatic carbocycles. The molecule has 3 aromatic rings. The zero-order chi connectivity index (χ0) is 20.8. The average Bonchev–Trinajstić information content (AvgIpc) is 3.12. The van der Waals surface area contributed by atoms with Gasteiger partial charge in [0.2, 0.25) is 5.91 Å². The largest absolute Gasteiger partial charge is 0.354 e. The normalized spacial score (nSPS) is 18.7. The van der Waals surface area contributed by atoms with Crippen molar-refractivity contribution in [2.45, 2.75) is 17.1 Å². The number of amides is 1. The molecule has 1 saturated carbocycles. The molecule has 1 spiro atoms. The van der Waals surface area contributed by atoms with Crippen molar-refractivity contribution in [3.05, 3.63) is 36.1 Å². The first kappa shape index (κ1) is 19.5. The third-order valence-corrected chi connectivity index (χ3v) is 8.61. The molecule has 30 heavy (non-hydrogen) atoms. The number of hydrogen-bond acceptors (Lipinski definition) is 7. The monoisotopic (exact) mass is 446 g/mol. The van der Waals surface area contributed by atoms with Crippen molar-refractivity contribution in [1.29, 1.82) is 0 Å². The molecule has 1 amide bonds. The first-order valence-corrected chi connectivity index (χ1v) is 12.2. The Morgan fingerprint density at radius 3 is 2.87 bits per heavy atom. The molecule has 158 valence electrons. The Morgan fingerprint density at radius 2 is 2.10 bits per heavy atom. The van der Waals surface area contributed by atoms with E-state index in [1.165, 1.54) is 6.07 Å². The maximum absolute atomic E-state index is 12.9. The average molecular weight is 447 g/mol. The first-order valence-electron chi connectivity index (χ1n) is 9.80. The second-order valence-electron chi connectivity index (χ2n) is 7.93. The second-order valence-corrected chi connectivity index (χ2v) is 10.9. The number of aromatic nitrogens is 3. The molecule has 1 aliphatic heterocycles. The Bertz CT molecular complexity index is 1170. The fourth-order valence-corrected chi connectivity index (χ4v) is 6.02. The summed E-state index contributed by atoms with van der Waals surface area (Å²) in [6, 6.07) is 5.18. The number of carbonyl (C=O) groups excluding carboxylic acids is 1. The standard InChI is InChI=1S/C19H22N6O3S2/c26-15(10-23-30(27,28)16-2-1-9-29-16)24-7-8-25(12-19(11-24)4-5-19)18-14-3-6-20-17(14)21-13-22-18/h1-3,6,9,13,23H,4-5,7-8,10-12H2,(H,20,21,22). The van der Waals surface area contributed by atoms with E-state index in [0.717, 1.165) is 47.6 Å². The van der Waals surface area contributed by atoms with Crippen molar-refractivity contribution in [1.82, 2.24) is 24.6 Å². The van der Waals surface area contributed by atoms with Crippen molar-refractivity contribution in [2.75, 3.05) is 37.6 Å². The van der Waals surface area contributed by atoms with Crippen molar-refractivity contribution >= 4 is 44.1 Å². The zero-order valence-corrected chi connectivity index (χ0v) is 17.9. The molecular formula is C19H22N6O3S2. The van der Waals surface area contributed by atoms with Gasteiger partial charge in [0.25, 0.3) is 10.0 Å². The van der Waals surface area contributed by atoms with Crippen LogP contribution in [0.1, 0.15) is 12.8 Å². The van der Waals surface area contributed by atoms with Crippen LogP contribution >= 0.6 is 11.3 Å². The number of carbonyl (C=O) groups is 1. The van der Waals surface area contributed by atoms with Crippen molar-refractivity contribution in [3.8, 4) is 0 Å². The third kappa shape index (κ3) is 3.68. The maximum atomic E-state index is 12.9. The number of fused-ring (bicyclic) bond motifs is 1. The fourth-order valence-electron chi connectivity index (χ4n) is 4.01. The molecule has 2 N–H and O–H groups in total. The summed E-state index contributed by atoms with van der Waals surface area (Å²) in [7, 11) is -3.65. The molecule has 3 aromatic heterocycles. The topological polar surface area (TPSA) is 111 Å². The fraction of sp³-hybridized carbons (Fsp3) is 0.421. The van der Waals surface area contributed by atoms with Gasteiger partial charge in [-0.15, -0.1) is 11.3 Å². The van der Waals surface area contributed by atoms with Gasteiger partial charge in [-0.3, -0.25) is 4.79 Å². The lowest BCUT2D eigenvalue weighted by Gasteiger charge is -2.25. The number of sulfonamides is 1. The molecule has 0 aromatic carbocycles. The predicted octanol–water partition coefficient (Wildman–Crippen LogP) is 1.43. The molecule has 5 rings (SSSR count). The zero-order valence-electron chi connectivity index (χ0n) is 16.2. The quantitative estimate of drug-likeness (QED) is 0.613. The van der Waals surface area contributed by atoms with E-state index in [1.54, 1.807) is 22.7 Å². The van der Waals surface area contributed by atoms with Crippen LogP contribution in [0.3, 0.4) is 0 Å². The van der Waals surface area contributed by atoms with Crippen LogP contribution in [0.5, 0.6) is 0 Å². The van der Waals surface area contributed by atoms with Gasteiger partial charge in [0.05, 0.1) is 11.9 Å². The van der Waals surface area contributed by atoms with E-state index in [1.807, 2.05) is 12.3 Å². The summed E-state index contributed by atoms with van der Waals surface area (Å²) in [5.41, 5.74) is 0.844. The lowest BCUT2D eigenvalue weighted by Crippen LogP contribution is -2.43. The minimum Gasteiger partial charge on any atom is -0.354 e. The maximum Gasteiger partial charge on any atom is 0.250 e. The highest BCUT2D eigenvalue weighted by Gasteiger charge is 2.48. The van der Waals surface area contributed by atoms with Crippen LogP contribution in [0.2, 0.25) is 0 Å². The van der Waals surface area contributed by atoms with Crippen LogP contribution < -0.4 is 9.62 Å². The Kier molecular flexibility index (Phi) is 4.75. The SMILES string of the molecule is O=C(CNS(=O)(=O)c1cccs1)N1CCN(c2ncnc3[nH]ccc23)CC2(CC2)C1. The van der Waals surface area contributed by atoms with Crippen LogP contribution in [0, 0.1) is 5.41 Å². The van der Waals surface area contributed by atoms with E-state index < -0.39 is 10.0 Å². The second kappa shape index (κ2) is 7.33. The van der Waals surface area contributed by atoms with Gasteiger partial charge in [-0.05, 0) is 30.4 Å². The van der Waals surface area contributed by atoms with Crippen LogP contribution in [0.15, 0.2) is 40.3 Å². The van der Waals surface area contributed by atoms with Gasteiger partial charge in [-0.1, -0.05) is 6.07 Å². The third-order valence-electron chi connectivity index (χ3n) is 5.81. The van der Waals surface area contributed by atoms with Gasteiger partial charge < -0.3 is 14.8 Å². The minimum atomic E-state index is -3.65. The summed E-state index contributed by atoms with van der Waals surface area (Å²) >= 11 is 1.13. The summed E-state index contributed by atoms with van der Waals surface area (Å²) < 4.78 is 27.3. The van der Waals surface area contributed by atoms with Crippen molar-refractivity contribution < 1.29 is 13.2 Å². The summed E-state index contributed by atoms with van der Waals surface area (Å²) in [5, 5.41) is 2.67. The number of rotatable bonds is 5. The first-order chi connectivity index (χ1) is 14.5. The lowest BCUT2D eigenvalue weighted by atomic mass is 10.1. The molecule has 0 atom stereocenters. The molecule has 0 bridgehead atoms. The Labute approximate surface area is 178 Å². The summed E-state index contributed by atoms with van der Waals surface area (Å²) in [5.74, 6) is 0.679. The summed E-state index contributed by atoms with van der Waals surface area (Å²) in [4.78, 5) is 28.8. The van der Waals surface area contributed by atoms with Gasteiger partial charge >= 0.3 is 0 Å². The molecule has 11 heteroatoms. The van der Waals surface area contributed by atoms with Gasteiger partial charge in [0, 0.05) is 37.8 Å². The number of H-pyrrole nitrogens is 1. The van der Waals surface area contributed by atoms with Crippen LogP contribution in [0.4, 0.5) is 5.82 Å². The molecule has 0 unspecified atom stereocenters. The van der Waals surface area contributed by atoms with Gasteiger partial charge in [0.1, 0.15) is 22.0 Å². The van der Waals surface area contributed by atoms with Crippen molar-refractivity contribution in [2.24, 2.45) is 5.41 Å². The molecular weight excluding hydrogens is 424 g/mol. The van der Waals surface area contributed by atoms with Crippen LogP contribution in [-0.2, 0) is 14.8 Å². The smallest absolute Gasteiger partial charge is 0.250 e. The highest BCUT2D eigenvalue weighted by molar-refractivity contribution is 7.91. The van der Waals surface area contributed by atoms with Gasteiger partial charge in [-0.2, -0.15) is 0 Å². The highest BCUT2D eigenvalue weighted by atomic mass is 32.2. The number of aromatic amines is 1. The number of thiophene rings is 1. The van der Waals surface area contributed by atoms with E-state index in [9.17, 15) is 13.2 Å². The Hall–Kier alpha value is -2.50. The Morgan fingerprint density at radius 1 is 1.23 bits per heavy atom. The minimum absolute atomic E-state index is 0.0480. The van der Waals surface area contributed by atoms with E-state index in [2.05, 4.69) is 24.6 Å². The Balaban J connectivity index is 1.30. The van der Waals surface area contributed by atoms with E-state index in [0.29, 0.717) is 19.6 Å². The van der Waals surface area contributed by atoms with Crippen LogP contribution in [-0.4, -0.2) is 66.9 Å². The molecule has 1 saturated heterocycles. The molecule has 2 fully saturated rings. The molecule has 2 aliphatic rings. The lowest BCUT2D eigenvalue weighted by molar-refractivity contribution is -0.130.